The first-order valence-corrected chi connectivity index (χ1v) is 4.84. The predicted molar refractivity (Wildman–Crippen MR) is 49.9 cm³/mol. The van der Waals surface area contributed by atoms with Gasteiger partial charge in [-0.3, -0.25) is 0 Å². The Labute approximate surface area is 74.5 Å². The van der Waals surface area contributed by atoms with Gasteiger partial charge >= 0.3 is 0 Å². The summed E-state index contributed by atoms with van der Waals surface area (Å²) in [7, 11) is 0. The zero-order valence-corrected chi connectivity index (χ0v) is 7.87. The molecule has 3 nitrogen and oxygen atoms in total. The molecule has 0 aromatic rings. The second-order valence-corrected chi connectivity index (χ2v) is 3.82. The van der Waals surface area contributed by atoms with Crippen LogP contribution in [-0.2, 0) is 0 Å². The molecule has 1 rings (SSSR count). The van der Waals surface area contributed by atoms with Crippen molar-refractivity contribution in [1.29, 1.82) is 0 Å². The van der Waals surface area contributed by atoms with Gasteiger partial charge in [-0.1, -0.05) is 0 Å². The Balaban J connectivity index is 2.09. The van der Waals surface area contributed by atoms with Crippen LogP contribution in [-0.4, -0.2) is 41.8 Å². The monoisotopic (exact) mass is 172 g/mol. The number of likely N-dealkylation sites (tertiary alicyclic amines) is 1. The van der Waals surface area contributed by atoms with Gasteiger partial charge in [-0.15, -0.1) is 0 Å². The summed E-state index contributed by atoms with van der Waals surface area (Å²) in [4.78, 5) is 2.38. The van der Waals surface area contributed by atoms with Gasteiger partial charge in [-0.25, -0.2) is 0 Å². The van der Waals surface area contributed by atoms with Crippen LogP contribution in [0.5, 0.6) is 0 Å². The molecule has 0 aromatic heterocycles. The van der Waals surface area contributed by atoms with E-state index in [0.29, 0.717) is 6.04 Å². The lowest BCUT2D eigenvalue weighted by Crippen LogP contribution is -2.40. The molecule has 0 radical (unpaired) electrons. The number of piperidine rings is 1. The van der Waals surface area contributed by atoms with E-state index in [1.807, 2.05) is 6.92 Å². The second-order valence-electron chi connectivity index (χ2n) is 3.82. The normalized spacial score (nSPS) is 24.2. The number of rotatable bonds is 3. The van der Waals surface area contributed by atoms with Crippen LogP contribution in [0.2, 0.25) is 0 Å². The van der Waals surface area contributed by atoms with E-state index in [9.17, 15) is 0 Å². The van der Waals surface area contributed by atoms with Crippen molar-refractivity contribution in [2.24, 2.45) is 5.73 Å². The van der Waals surface area contributed by atoms with Gasteiger partial charge in [0.1, 0.15) is 0 Å². The van der Waals surface area contributed by atoms with Crippen LogP contribution < -0.4 is 5.73 Å². The fourth-order valence-corrected chi connectivity index (χ4v) is 1.55. The molecule has 1 unspecified atom stereocenters. The quantitative estimate of drug-likeness (QED) is 0.638. The Morgan fingerprint density at radius 1 is 1.50 bits per heavy atom. The molecule has 0 amide bonds. The van der Waals surface area contributed by atoms with E-state index >= 15 is 0 Å². The summed E-state index contributed by atoms with van der Waals surface area (Å²) in [6.07, 6.45) is 2.94. The fraction of sp³-hybridized carbons (Fsp3) is 1.00. The summed E-state index contributed by atoms with van der Waals surface area (Å²) < 4.78 is 0. The lowest BCUT2D eigenvalue weighted by atomic mass is 10.1. The highest BCUT2D eigenvalue weighted by atomic mass is 16.3. The molecule has 1 aliphatic heterocycles. The largest absolute Gasteiger partial charge is 0.393 e. The van der Waals surface area contributed by atoms with Crippen molar-refractivity contribution >= 4 is 0 Å². The van der Waals surface area contributed by atoms with Crippen LogP contribution in [0.4, 0.5) is 0 Å². The van der Waals surface area contributed by atoms with Crippen molar-refractivity contribution in [3.63, 3.8) is 0 Å². The third-order valence-corrected chi connectivity index (χ3v) is 2.50. The van der Waals surface area contributed by atoms with Gasteiger partial charge in [0, 0.05) is 12.6 Å². The van der Waals surface area contributed by atoms with Crippen molar-refractivity contribution in [1.82, 2.24) is 4.90 Å². The molecular formula is C9H20N2O. The molecule has 1 saturated heterocycles. The van der Waals surface area contributed by atoms with Crippen LogP contribution in [0.25, 0.3) is 0 Å². The van der Waals surface area contributed by atoms with Crippen LogP contribution in [0.15, 0.2) is 0 Å². The number of aliphatic hydroxyl groups is 1. The molecule has 1 aliphatic rings. The van der Waals surface area contributed by atoms with E-state index in [2.05, 4.69) is 4.90 Å². The summed E-state index contributed by atoms with van der Waals surface area (Å²) in [6, 6.07) is 0.410. The summed E-state index contributed by atoms with van der Waals surface area (Å²) in [6.45, 7) is 5.07. The van der Waals surface area contributed by atoms with E-state index in [0.717, 1.165) is 38.9 Å². The first-order valence-electron chi connectivity index (χ1n) is 4.84. The van der Waals surface area contributed by atoms with Crippen LogP contribution in [0.3, 0.4) is 0 Å². The maximum Gasteiger partial charge on any atom is 0.0524 e. The van der Waals surface area contributed by atoms with Crippen molar-refractivity contribution < 1.29 is 5.11 Å². The van der Waals surface area contributed by atoms with E-state index in [1.165, 1.54) is 0 Å². The minimum absolute atomic E-state index is 0.166. The van der Waals surface area contributed by atoms with Gasteiger partial charge in [0.05, 0.1) is 6.10 Å². The minimum atomic E-state index is -0.166. The van der Waals surface area contributed by atoms with Crippen LogP contribution >= 0.6 is 0 Å². The maximum absolute atomic E-state index is 9.08. The number of aliphatic hydroxyl groups excluding tert-OH is 1. The molecule has 0 aliphatic carbocycles. The van der Waals surface area contributed by atoms with Gasteiger partial charge in [0.2, 0.25) is 0 Å². The molecule has 12 heavy (non-hydrogen) atoms. The van der Waals surface area contributed by atoms with Crippen LogP contribution in [0, 0.1) is 0 Å². The van der Waals surface area contributed by atoms with E-state index in [4.69, 9.17) is 10.8 Å². The lowest BCUT2D eigenvalue weighted by Gasteiger charge is -2.30. The molecule has 0 aromatic carbocycles. The molecule has 72 valence electrons. The summed E-state index contributed by atoms with van der Waals surface area (Å²) in [5.74, 6) is 0. The summed E-state index contributed by atoms with van der Waals surface area (Å²) in [5, 5.41) is 9.08. The molecule has 3 N–H and O–H groups in total. The van der Waals surface area contributed by atoms with E-state index in [-0.39, 0.29) is 6.10 Å². The molecule has 3 heteroatoms. The second kappa shape index (κ2) is 4.80. The fourth-order valence-electron chi connectivity index (χ4n) is 1.55. The Morgan fingerprint density at radius 2 is 2.08 bits per heavy atom. The Kier molecular flexibility index (Phi) is 3.98. The summed E-state index contributed by atoms with van der Waals surface area (Å²) in [5.41, 5.74) is 5.78. The third-order valence-electron chi connectivity index (χ3n) is 2.50. The third kappa shape index (κ3) is 3.52. The molecule has 1 fully saturated rings. The Bertz CT molecular complexity index is 120. The summed E-state index contributed by atoms with van der Waals surface area (Å²) >= 11 is 0. The van der Waals surface area contributed by atoms with Crippen molar-refractivity contribution in [2.45, 2.75) is 38.3 Å². The van der Waals surface area contributed by atoms with Gasteiger partial charge in [0.25, 0.3) is 0 Å². The van der Waals surface area contributed by atoms with E-state index in [1.54, 1.807) is 0 Å². The molecule has 1 heterocycles. The topological polar surface area (TPSA) is 49.5 Å². The number of hydrogen-bond acceptors (Lipinski definition) is 3. The smallest absolute Gasteiger partial charge is 0.0524 e. The standard InChI is InChI=1S/C9H20N2O/c1-8(12)2-5-11-6-3-9(10)4-7-11/h8-9,12H,2-7,10H2,1H3. The van der Waals surface area contributed by atoms with E-state index < -0.39 is 0 Å². The van der Waals surface area contributed by atoms with Crippen molar-refractivity contribution in [2.75, 3.05) is 19.6 Å². The molecule has 0 saturated carbocycles. The van der Waals surface area contributed by atoms with Crippen molar-refractivity contribution in [3.05, 3.63) is 0 Å². The highest BCUT2D eigenvalue weighted by Gasteiger charge is 2.15. The Morgan fingerprint density at radius 3 is 2.58 bits per heavy atom. The number of nitrogens with zero attached hydrogens (tertiary/aromatic N) is 1. The van der Waals surface area contributed by atoms with Gasteiger partial charge in [0.15, 0.2) is 0 Å². The zero-order chi connectivity index (χ0) is 8.97. The number of nitrogens with two attached hydrogens (primary N) is 1. The van der Waals surface area contributed by atoms with Gasteiger partial charge in [-0.2, -0.15) is 0 Å². The average Bonchev–Trinajstić information content (AvgIpc) is 2.03. The van der Waals surface area contributed by atoms with Crippen LogP contribution in [0.1, 0.15) is 26.2 Å². The predicted octanol–water partition coefficient (Wildman–Crippen LogP) is 0.180. The Hall–Kier alpha value is -0.120. The highest BCUT2D eigenvalue weighted by molar-refractivity contribution is 4.74. The SMILES string of the molecule is CC(O)CCN1CCC(N)CC1. The maximum atomic E-state index is 9.08. The molecule has 1 atom stereocenters. The van der Waals surface area contributed by atoms with Gasteiger partial charge < -0.3 is 15.7 Å². The van der Waals surface area contributed by atoms with Crippen molar-refractivity contribution in [3.8, 4) is 0 Å². The first kappa shape index (κ1) is 9.96. The minimum Gasteiger partial charge on any atom is -0.393 e. The molecule has 0 spiro atoms. The lowest BCUT2D eigenvalue weighted by molar-refractivity contribution is 0.142. The average molecular weight is 172 g/mol. The first-order chi connectivity index (χ1) is 5.68. The molecule has 0 bridgehead atoms. The zero-order valence-electron chi connectivity index (χ0n) is 7.87. The highest BCUT2D eigenvalue weighted by Crippen LogP contribution is 2.08. The van der Waals surface area contributed by atoms with Gasteiger partial charge in [-0.05, 0) is 39.3 Å². The number of hydrogen-bond donors (Lipinski definition) is 2. The molecular weight excluding hydrogens is 152 g/mol.